The molecule has 0 aromatic heterocycles. The van der Waals surface area contributed by atoms with E-state index in [4.69, 9.17) is 0 Å². The quantitative estimate of drug-likeness (QED) is 0.730. The van der Waals surface area contributed by atoms with E-state index in [2.05, 4.69) is 84.6 Å². The Bertz CT molecular complexity index is 424. The molecule has 2 heteroatoms. The van der Waals surface area contributed by atoms with Crippen molar-refractivity contribution in [3.05, 3.63) is 71.8 Å². The van der Waals surface area contributed by atoms with E-state index in [0.717, 1.165) is 19.8 Å². The lowest BCUT2D eigenvalue weighted by Gasteiger charge is -2.26. The Kier molecular flexibility index (Phi) is 5.13. The first-order valence-electron chi connectivity index (χ1n) is 6.69. The number of hydrogen-bond acceptors (Lipinski definition) is 2. The van der Waals surface area contributed by atoms with Crippen molar-refractivity contribution in [2.45, 2.75) is 13.1 Å². The molecule has 0 bridgehead atoms. The average Bonchev–Trinajstić information content (AvgIpc) is 2.40. The molecule has 2 aromatic carbocycles. The summed E-state index contributed by atoms with van der Waals surface area (Å²) in [6.07, 6.45) is 0. The second kappa shape index (κ2) is 7.07. The second-order valence-corrected chi connectivity index (χ2v) is 5.18. The van der Waals surface area contributed by atoms with Gasteiger partial charge in [-0.15, -0.1) is 0 Å². The van der Waals surface area contributed by atoms with Gasteiger partial charge >= 0.3 is 0 Å². The minimum atomic E-state index is 0.962. The topological polar surface area (TPSA) is 6.48 Å². The van der Waals surface area contributed by atoms with Crippen molar-refractivity contribution < 1.29 is 0 Å². The highest BCUT2D eigenvalue weighted by molar-refractivity contribution is 5.17. The van der Waals surface area contributed by atoms with Crippen molar-refractivity contribution >= 4 is 0 Å². The molecule has 0 radical (unpaired) electrons. The molecule has 0 amide bonds. The lowest BCUT2D eigenvalue weighted by molar-refractivity contribution is 0.161. The van der Waals surface area contributed by atoms with Crippen LogP contribution in [0.5, 0.6) is 0 Å². The summed E-state index contributed by atoms with van der Waals surface area (Å²) in [5, 5.41) is 0. The molecule has 0 aliphatic heterocycles. The molecule has 19 heavy (non-hydrogen) atoms. The van der Waals surface area contributed by atoms with E-state index in [-0.39, 0.29) is 0 Å². The van der Waals surface area contributed by atoms with Gasteiger partial charge in [0.05, 0.1) is 6.67 Å². The molecule has 0 aliphatic rings. The summed E-state index contributed by atoms with van der Waals surface area (Å²) in [6, 6.07) is 21.3. The lowest BCUT2D eigenvalue weighted by atomic mass is 10.2. The fraction of sp³-hybridized carbons (Fsp3) is 0.294. The summed E-state index contributed by atoms with van der Waals surface area (Å²) in [7, 11) is 4.23. The average molecular weight is 254 g/mol. The van der Waals surface area contributed by atoms with Crippen molar-refractivity contribution in [2.24, 2.45) is 0 Å². The Balaban J connectivity index is 2.03. The maximum absolute atomic E-state index is 2.45. The Morgan fingerprint density at radius 3 is 1.47 bits per heavy atom. The van der Waals surface area contributed by atoms with Gasteiger partial charge in [0.25, 0.3) is 0 Å². The van der Waals surface area contributed by atoms with Crippen LogP contribution in [0.25, 0.3) is 0 Å². The molecule has 0 heterocycles. The standard InChI is InChI=1S/C17H22N2/c1-18(2)15-19(13-16-9-5-3-6-10-16)14-17-11-7-4-8-12-17/h3-12H,13-15H2,1-2H3. The van der Waals surface area contributed by atoms with Crippen LogP contribution in [0.3, 0.4) is 0 Å². The van der Waals surface area contributed by atoms with Crippen LogP contribution in [0.1, 0.15) is 11.1 Å². The number of nitrogens with zero attached hydrogens (tertiary/aromatic N) is 2. The Labute approximate surface area is 116 Å². The van der Waals surface area contributed by atoms with Gasteiger partial charge in [0, 0.05) is 13.1 Å². The van der Waals surface area contributed by atoms with Crippen LogP contribution in [0.15, 0.2) is 60.7 Å². The molecular formula is C17H22N2. The first-order chi connectivity index (χ1) is 9.24. The third-order valence-electron chi connectivity index (χ3n) is 2.98. The highest BCUT2D eigenvalue weighted by atomic mass is 15.3. The van der Waals surface area contributed by atoms with Gasteiger partial charge in [0.1, 0.15) is 0 Å². The van der Waals surface area contributed by atoms with Gasteiger partial charge in [-0.05, 0) is 25.2 Å². The van der Waals surface area contributed by atoms with Gasteiger partial charge in [-0.25, -0.2) is 0 Å². The normalized spacial score (nSPS) is 11.2. The first kappa shape index (κ1) is 13.8. The SMILES string of the molecule is CN(C)CN(Cc1ccccc1)Cc1ccccc1. The van der Waals surface area contributed by atoms with Crippen molar-refractivity contribution in [1.29, 1.82) is 0 Å². The van der Waals surface area contributed by atoms with Crippen LogP contribution in [-0.4, -0.2) is 30.6 Å². The van der Waals surface area contributed by atoms with E-state index in [9.17, 15) is 0 Å². The van der Waals surface area contributed by atoms with Gasteiger partial charge in [0.2, 0.25) is 0 Å². The predicted octanol–water partition coefficient (Wildman–Crippen LogP) is 3.21. The Morgan fingerprint density at radius 2 is 1.11 bits per heavy atom. The molecule has 2 rings (SSSR count). The number of rotatable bonds is 6. The first-order valence-corrected chi connectivity index (χ1v) is 6.69. The summed E-state index contributed by atoms with van der Waals surface area (Å²) < 4.78 is 0. The van der Waals surface area contributed by atoms with E-state index >= 15 is 0 Å². The van der Waals surface area contributed by atoms with Gasteiger partial charge in [-0.2, -0.15) is 0 Å². The molecule has 0 N–H and O–H groups in total. The maximum Gasteiger partial charge on any atom is 0.0507 e. The molecule has 0 unspecified atom stereocenters. The van der Waals surface area contributed by atoms with Crippen LogP contribution in [0, 0.1) is 0 Å². The highest BCUT2D eigenvalue weighted by Crippen LogP contribution is 2.10. The van der Waals surface area contributed by atoms with E-state index < -0.39 is 0 Å². The van der Waals surface area contributed by atoms with Gasteiger partial charge in [0.15, 0.2) is 0 Å². The zero-order valence-corrected chi connectivity index (χ0v) is 11.8. The minimum absolute atomic E-state index is 0.962. The molecular weight excluding hydrogens is 232 g/mol. The maximum atomic E-state index is 2.45. The fourth-order valence-electron chi connectivity index (χ4n) is 2.24. The van der Waals surface area contributed by atoms with Gasteiger partial charge < -0.3 is 0 Å². The zero-order valence-electron chi connectivity index (χ0n) is 11.8. The van der Waals surface area contributed by atoms with E-state index in [0.29, 0.717) is 0 Å². The molecule has 0 fully saturated rings. The summed E-state index contributed by atoms with van der Waals surface area (Å²) in [5.41, 5.74) is 2.72. The highest BCUT2D eigenvalue weighted by Gasteiger charge is 2.07. The third kappa shape index (κ3) is 4.86. The largest absolute Gasteiger partial charge is 0.297 e. The smallest absolute Gasteiger partial charge is 0.0507 e. The van der Waals surface area contributed by atoms with Crippen LogP contribution >= 0.6 is 0 Å². The van der Waals surface area contributed by atoms with E-state index in [1.165, 1.54) is 11.1 Å². The van der Waals surface area contributed by atoms with Crippen molar-refractivity contribution in [3.8, 4) is 0 Å². The third-order valence-corrected chi connectivity index (χ3v) is 2.98. The molecule has 2 nitrogen and oxygen atoms in total. The Hall–Kier alpha value is -1.64. The summed E-state index contributed by atoms with van der Waals surface area (Å²) in [5.74, 6) is 0. The molecule has 0 atom stereocenters. The number of benzene rings is 2. The lowest BCUT2D eigenvalue weighted by Crippen LogP contribution is -2.32. The molecule has 0 spiro atoms. The fourth-order valence-corrected chi connectivity index (χ4v) is 2.24. The molecule has 100 valence electrons. The second-order valence-electron chi connectivity index (χ2n) is 5.18. The van der Waals surface area contributed by atoms with Crippen molar-refractivity contribution in [1.82, 2.24) is 9.80 Å². The number of hydrogen-bond donors (Lipinski definition) is 0. The minimum Gasteiger partial charge on any atom is -0.297 e. The van der Waals surface area contributed by atoms with Gasteiger partial charge in [-0.3, -0.25) is 9.80 Å². The van der Waals surface area contributed by atoms with E-state index in [1.54, 1.807) is 0 Å². The van der Waals surface area contributed by atoms with Gasteiger partial charge in [-0.1, -0.05) is 60.7 Å². The van der Waals surface area contributed by atoms with Crippen molar-refractivity contribution in [3.63, 3.8) is 0 Å². The summed E-state index contributed by atoms with van der Waals surface area (Å²) in [4.78, 5) is 4.66. The predicted molar refractivity (Wildman–Crippen MR) is 80.7 cm³/mol. The van der Waals surface area contributed by atoms with Crippen LogP contribution in [0.2, 0.25) is 0 Å². The van der Waals surface area contributed by atoms with Crippen molar-refractivity contribution in [2.75, 3.05) is 20.8 Å². The summed E-state index contributed by atoms with van der Waals surface area (Å²) >= 11 is 0. The van der Waals surface area contributed by atoms with E-state index in [1.807, 2.05) is 0 Å². The van der Waals surface area contributed by atoms with Crippen LogP contribution < -0.4 is 0 Å². The molecule has 0 saturated carbocycles. The molecule has 2 aromatic rings. The molecule has 0 aliphatic carbocycles. The molecule has 0 saturated heterocycles. The van der Waals surface area contributed by atoms with Crippen LogP contribution in [0.4, 0.5) is 0 Å². The van der Waals surface area contributed by atoms with Crippen LogP contribution in [-0.2, 0) is 13.1 Å². The zero-order chi connectivity index (χ0) is 13.5. The Morgan fingerprint density at radius 1 is 0.684 bits per heavy atom. The monoisotopic (exact) mass is 254 g/mol. The summed E-state index contributed by atoms with van der Waals surface area (Å²) in [6.45, 7) is 2.92.